The van der Waals surface area contributed by atoms with E-state index in [9.17, 15) is 4.79 Å². The molecule has 2 aromatic heterocycles. The summed E-state index contributed by atoms with van der Waals surface area (Å²) in [6, 6.07) is 4.23. The average molecular weight is 260 g/mol. The van der Waals surface area contributed by atoms with Gasteiger partial charge in [-0.1, -0.05) is 11.3 Å². The quantitative estimate of drug-likeness (QED) is 0.785. The Morgan fingerprint density at radius 3 is 3.06 bits per heavy atom. The topological polar surface area (TPSA) is 51.0 Å². The summed E-state index contributed by atoms with van der Waals surface area (Å²) in [5.74, 6) is 0.0553. The van der Waals surface area contributed by atoms with Gasteiger partial charge in [-0.2, -0.15) is 0 Å². The minimum absolute atomic E-state index is 0.0553. The van der Waals surface area contributed by atoms with Gasteiger partial charge in [0.25, 0.3) is 0 Å². The zero-order chi connectivity index (χ0) is 12.4. The Kier molecular flexibility index (Phi) is 2.93. The van der Waals surface area contributed by atoms with E-state index in [0.29, 0.717) is 13.1 Å². The number of amides is 1. The third-order valence-corrected chi connectivity index (χ3v) is 3.76. The van der Waals surface area contributed by atoms with Crippen molar-refractivity contribution < 1.29 is 4.79 Å². The van der Waals surface area contributed by atoms with Crippen molar-refractivity contribution in [3.63, 3.8) is 0 Å². The molecule has 18 heavy (non-hydrogen) atoms. The van der Waals surface area contributed by atoms with Crippen LogP contribution in [0.1, 0.15) is 10.9 Å². The maximum atomic E-state index is 11.8. The minimum atomic E-state index is 0.0553. The molecule has 0 saturated carbocycles. The zero-order valence-corrected chi connectivity index (χ0v) is 10.5. The first-order chi connectivity index (χ1) is 8.83. The summed E-state index contributed by atoms with van der Waals surface area (Å²) in [5, 5.41) is 9.69. The van der Waals surface area contributed by atoms with Gasteiger partial charge >= 0.3 is 0 Å². The molecule has 3 rings (SSSR count). The SMILES string of the molecule is O=C(C=Cc1cccs1)N1CC(n2ccnn2)C1. The molecule has 5 nitrogen and oxygen atoms in total. The number of rotatable bonds is 3. The standard InChI is InChI=1S/C12H12N4OS/c17-12(4-3-11-2-1-7-18-11)15-8-10(9-15)16-6-5-13-14-16/h1-7,10H,8-9H2. The summed E-state index contributed by atoms with van der Waals surface area (Å²) in [7, 11) is 0. The Labute approximate surface area is 108 Å². The van der Waals surface area contributed by atoms with Gasteiger partial charge in [-0.3, -0.25) is 4.79 Å². The van der Waals surface area contributed by atoms with E-state index in [1.165, 1.54) is 0 Å². The van der Waals surface area contributed by atoms with E-state index < -0.39 is 0 Å². The second kappa shape index (κ2) is 4.73. The largest absolute Gasteiger partial charge is 0.335 e. The van der Waals surface area contributed by atoms with E-state index in [-0.39, 0.29) is 11.9 Å². The van der Waals surface area contributed by atoms with Crippen LogP contribution in [-0.2, 0) is 4.79 Å². The van der Waals surface area contributed by atoms with Crippen LogP contribution in [-0.4, -0.2) is 38.9 Å². The van der Waals surface area contributed by atoms with Crippen LogP contribution in [0.25, 0.3) is 6.08 Å². The predicted octanol–water partition coefficient (Wildman–Crippen LogP) is 1.44. The highest BCUT2D eigenvalue weighted by Gasteiger charge is 2.31. The van der Waals surface area contributed by atoms with Crippen molar-refractivity contribution in [2.45, 2.75) is 6.04 Å². The lowest BCUT2D eigenvalue weighted by Crippen LogP contribution is -2.50. The van der Waals surface area contributed by atoms with Gasteiger partial charge in [0.05, 0.1) is 12.2 Å². The lowest BCUT2D eigenvalue weighted by atomic mass is 10.1. The van der Waals surface area contributed by atoms with E-state index in [0.717, 1.165) is 4.88 Å². The van der Waals surface area contributed by atoms with Crippen LogP contribution in [0.4, 0.5) is 0 Å². The molecule has 1 aliphatic rings. The molecule has 0 radical (unpaired) electrons. The van der Waals surface area contributed by atoms with Crippen LogP contribution in [0.5, 0.6) is 0 Å². The fourth-order valence-electron chi connectivity index (χ4n) is 1.86. The molecule has 3 heterocycles. The molecule has 6 heteroatoms. The Hall–Kier alpha value is -1.95. The van der Waals surface area contributed by atoms with Crippen LogP contribution in [0.15, 0.2) is 36.0 Å². The molecule has 0 atom stereocenters. The summed E-state index contributed by atoms with van der Waals surface area (Å²) in [4.78, 5) is 14.7. The molecule has 0 bridgehead atoms. The van der Waals surface area contributed by atoms with Crippen molar-refractivity contribution in [3.05, 3.63) is 40.9 Å². The number of aromatic nitrogens is 3. The molecule has 1 saturated heterocycles. The molecule has 0 N–H and O–H groups in total. The highest BCUT2D eigenvalue weighted by Crippen LogP contribution is 2.20. The van der Waals surface area contributed by atoms with Crippen LogP contribution in [0, 0.1) is 0 Å². The zero-order valence-electron chi connectivity index (χ0n) is 9.64. The first-order valence-corrected chi connectivity index (χ1v) is 6.57. The van der Waals surface area contributed by atoms with E-state index in [1.807, 2.05) is 29.8 Å². The maximum Gasteiger partial charge on any atom is 0.246 e. The first kappa shape index (κ1) is 11.2. The summed E-state index contributed by atoms with van der Waals surface area (Å²) in [6.07, 6.45) is 6.97. The van der Waals surface area contributed by atoms with Crippen LogP contribution < -0.4 is 0 Å². The molecule has 92 valence electrons. The van der Waals surface area contributed by atoms with Crippen LogP contribution in [0.3, 0.4) is 0 Å². The van der Waals surface area contributed by atoms with Crippen molar-refractivity contribution in [1.29, 1.82) is 0 Å². The molecule has 2 aromatic rings. The Morgan fingerprint density at radius 1 is 1.50 bits per heavy atom. The predicted molar refractivity (Wildman–Crippen MR) is 69.0 cm³/mol. The Morgan fingerprint density at radius 2 is 2.39 bits per heavy atom. The van der Waals surface area contributed by atoms with Gasteiger partial charge in [0.1, 0.15) is 0 Å². The number of likely N-dealkylation sites (tertiary alicyclic amines) is 1. The Balaban J connectivity index is 1.54. The van der Waals surface area contributed by atoms with Gasteiger partial charge in [-0.05, 0) is 17.5 Å². The third kappa shape index (κ3) is 2.19. The Bertz CT molecular complexity index is 541. The molecule has 0 unspecified atom stereocenters. The van der Waals surface area contributed by atoms with Gasteiger partial charge in [0.2, 0.25) is 5.91 Å². The highest BCUT2D eigenvalue weighted by molar-refractivity contribution is 7.10. The molecular formula is C12H12N4OS. The van der Waals surface area contributed by atoms with Crippen LogP contribution in [0.2, 0.25) is 0 Å². The van der Waals surface area contributed by atoms with Gasteiger partial charge in [0.15, 0.2) is 0 Å². The van der Waals surface area contributed by atoms with Gasteiger partial charge < -0.3 is 4.90 Å². The summed E-state index contributed by atoms with van der Waals surface area (Å²) >= 11 is 1.62. The van der Waals surface area contributed by atoms with E-state index in [4.69, 9.17) is 0 Å². The summed E-state index contributed by atoms with van der Waals surface area (Å²) in [6.45, 7) is 1.41. The normalized spacial score (nSPS) is 16.1. The van der Waals surface area contributed by atoms with Crippen molar-refractivity contribution in [1.82, 2.24) is 19.9 Å². The van der Waals surface area contributed by atoms with Crippen molar-refractivity contribution in [2.75, 3.05) is 13.1 Å². The molecular weight excluding hydrogens is 248 g/mol. The molecule has 1 amide bonds. The minimum Gasteiger partial charge on any atom is -0.335 e. The second-order valence-corrected chi connectivity index (χ2v) is 5.11. The number of carbonyl (C=O) groups is 1. The number of hydrogen-bond acceptors (Lipinski definition) is 4. The summed E-state index contributed by atoms with van der Waals surface area (Å²) in [5.41, 5.74) is 0. The maximum absolute atomic E-state index is 11.8. The average Bonchev–Trinajstić information content (AvgIpc) is 2.97. The molecule has 0 aromatic carbocycles. The molecule has 1 fully saturated rings. The molecule has 1 aliphatic heterocycles. The van der Waals surface area contributed by atoms with Crippen LogP contribution >= 0.6 is 11.3 Å². The molecule has 0 aliphatic carbocycles. The van der Waals surface area contributed by atoms with E-state index >= 15 is 0 Å². The monoisotopic (exact) mass is 260 g/mol. The van der Waals surface area contributed by atoms with Crippen molar-refractivity contribution in [3.8, 4) is 0 Å². The van der Waals surface area contributed by atoms with Gasteiger partial charge in [0, 0.05) is 30.2 Å². The molecule has 0 spiro atoms. The number of thiophene rings is 1. The number of hydrogen-bond donors (Lipinski definition) is 0. The van der Waals surface area contributed by atoms with E-state index in [2.05, 4.69) is 10.3 Å². The van der Waals surface area contributed by atoms with Gasteiger partial charge in [-0.25, -0.2) is 4.68 Å². The fourth-order valence-corrected chi connectivity index (χ4v) is 2.48. The lowest BCUT2D eigenvalue weighted by Gasteiger charge is -2.38. The number of carbonyl (C=O) groups excluding carboxylic acids is 1. The lowest BCUT2D eigenvalue weighted by molar-refractivity contribution is -0.131. The first-order valence-electron chi connectivity index (χ1n) is 5.69. The highest BCUT2D eigenvalue weighted by atomic mass is 32.1. The second-order valence-electron chi connectivity index (χ2n) is 4.13. The van der Waals surface area contributed by atoms with Crippen molar-refractivity contribution >= 4 is 23.3 Å². The number of nitrogens with zero attached hydrogens (tertiary/aromatic N) is 4. The van der Waals surface area contributed by atoms with E-state index in [1.54, 1.807) is 33.2 Å². The summed E-state index contributed by atoms with van der Waals surface area (Å²) < 4.78 is 1.80. The smallest absolute Gasteiger partial charge is 0.246 e. The third-order valence-electron chi connectivity index (χ3n) is 2.92. The van der Waals surface area contributed by atoms with Gasteiger partial charge in [-0.15, -0.1) is 16.4 Å². The fraction of sp³-hybridized carbons (Fsp3) is 0.250. The van der Waals surface area contributed by atoms with Crippen molar-refractivity contribution in [2.24, 2.45) is 0 Å².